The minimum Gasteiger partial charge on any atom is -0.587 e. The maximum Gasteiger partial charge on any atom is 0.181 e. The minimum absolute atomic E-state index is 0.686. The highest BCUT2D eigenvalue weighted by atomic mass is 32.2. The van der Waals surface area contributed by atoms with Crippen molar-refractivity contribution in [3.63, 3.8) is 0 Å². The molecule has 5 nitrogen and oxygen atoms in total. The number of hydrazone groups is 1. The molecule has 0 aromatic heterocycles. The molecule has 0 aliphatic carbocycles. The third kappa shape index (κ3) is 3.83. The average molecular weight is 428 g/mol. The van der Waals surface area contributed by atoms with Gasteiger partial charge in [-0.25, -0.2) is 0 Å². The summed E-state index contributed by atoms with van der Waals surface area (Å²) in [4.78, 5) is 3.43. The highest BCUT2D eigenvalue weighted by Crippen LogP contribution is 2.45. The number of ether oxygens (including phenoxy) is 1. The van der Waals surface area contributed by atoms with Crippen molar-refractivity contribution in [2.24, 2.45) is 5.10 Å². The van der Waals surface area contributed by atoms with Crippen molar-refractivity contribution >= 4 is 39.2 Å². The van der Waals surface area contributed by atoms with E-state index < -0.39 is 11.4 Å². The molecule has 31 heavy (non-hydrogen) atoms. The molecule has 6 heteroatoms. The summed E-state index contributed by atoms with van der Waals surface area (Å²) in [6.45, 7) is 3.88. The second-order valence-corrected chi connectivity index (χ2v) is 8.66. The largest absolute Gasteiger partial charge is 0.587 e. The Labute approximate surface area is 184 Å². The number of nitrogens with one attached hydrogen (secondary N) is 2. The van der Waals surface area contributed by atoms with Crippen molar-refractivity contribution in [2.45, 2.75) is 18.7 Å². The molecule has 0 saturated carbocycles. The van der Waals surface area contributed by atoms with Gasteiger partial charge in [0, 0.05) is 5.39 Å². The van der Waals surface area contributed by atoms with Gasteiger partial charge in [-0.1, -0.05) is 48.0 Å². The van der Waals surface area contributed by atoms with Crippen LogP contribution in [-0.2, 0) is 11.4 Å². The number of hydrogen-bond donors (Lipinski definition) is 2. The van der Waals surface area contributed by atoms with Crippen LogP contribution in [0.25, 0.3) is 10.8 Å². The van der Waals surface area contributed by atoms with Crippen LogP contribution in [0.15, 0.2) is 88.9 Å². The molecule has 1 aliphatic rings. The van der Waals surface area contributed by atoms with Crippen LogP contribution in [0.4, 0.5) is 11.4 Å². The Morgan fingerprint density at radius 3 is 2.58 bits per heavy atom. The predicted molar refractivity (Wildman–Crippen MR) is 127 cm³/mol. The van der Waals surface area contributed by atoms with Gasteiger partial charge < -0.3 is 14.6 Å². The maximum atomic E-state index is 12.4. The Morgan fingerprint density at radius 2 is 1.74 bits per heavy atom. The van der Waals surface area contributed by atoms with Crippen molar-refractivity contribution in [3.05, 3.63) is 90.0 Å². The van der Waals surface area contributed by atoms with Crippen molar-refractivity contribution in [3.8, 4) is 11.5 Å². The van der Waals surface area contributed by atoms with E-state index in [1.165, 1.54) is 0 Å². The molecule has 5 rings (SSSR count). The lowest BCUT2D eigenvalue weighted by Crippen LogP contribution is -2.20. The number of benzene rings is 4. The van der Waals surface area contributed by atoms with Gasteiger partial charge >= 0.3 is 0 Å². The number of anilines is 2. The lowest BCUT2D eigenvalue weighted by atomic mass is 10.0. The minimum atomic E-state index is -1.41. The highest BCUT2D eigenvalue weighted by molar-refractivity contribution is 7.89. The molecule has 0 radical (unpaired) electrons. The Hall–Kier alpha value is -3.48. The van der Waals surface area contributed by atoms with E-state index in [0.29, 0.717) is 4.90 Å². The summed E-state index contributed by atoms with van der Waals surface area (Å²) < 4.78 is 18.6. The Kier molecular flexibility index (Phi) is 5.02. The van der Waals surface area contributed by atoms with Crippen LogP contribution in [0, 0.1) is 6.92 Å². The van der Waals surface area contributed by atoms with Crippen molar-refractivity contribution < 1.29 is 9.29 Å². The summed E-state index contributed by atoms with van der Waals surface area (Å²) in [6, 6.07) is 25.7. The lowest BCUT2D eigenvalue weighted by molar-refractivity contribution is 0.482. The normalized spacial score (nSPS) is 13.6. The van der Waals surface area contributed by atoms with E-state index in [1.807, 2.05) is 74.5 Å². The van der Waals surface area contributed by atoms with E-state index in [4.69, 9.17) is 4.74 Å². The lowest BCUT2D eigenvalue weighted by Gasteiger charge is -2.23. The molecule has 2 N–H and O–H groups in total. The van der Waals surface area contributed by atoms with Gasteiger partial charge in [0.2, 0.25) is 0 Å². The standard InChI is InChI=1S/C25H21N3O2S/c1-16-7-11-20(12-8-16)31(29)28-27-17(2)19-10-13-23-22(15-19)26-25-21-6-4-3-5-18(21)9-14-24(25)30-23/h3-15,26,28H,1-2H3/b27-17+. The molecule has 0 spiro atoms. The average Bonchev–Trinajstić information content (AvgIpc) is 2.81. The highest BCUT2D eigenvalue weighted by Gasteiger charge is 2.19. The van der Waals surface area contributed by atoms with Gasteiger partial charge in [0.1, 0.15) is 11.4 Å². The summed E-state index contributed by atoms with van der Waals surface area (Å²) >= 11 is -1.41. The number of hydrogen-bond acceptors (Lipinski definition) is 5. The third-order valence-corrected chi connectivity index (χ3v) is 6.26. The molecule has 0 fully saturated rings. The molecule has 1 unspecified atom stereocenters. The van der Waals surface area contributed by atoms with Crippen molar-refractivity contribution in [2.75, 3.05) is 5.32 Å². The van der Waals surface area contributed by atoms with Crippen LogP contribution in [0.2, 0.25) is 0 Å². The number of nitrogens with zero attached hydrogens (tertiary/aromatic N) is 1. The van der Waals surface area contributed by atoms with Crippen LogP contribution in [-0.4, -0.2) is 10.3 Å². The predicted octanol–water partition coefficient (Wildman–Crippen LogP) is 6.03. The molecule has 0 amide bonds. The molecule has 4 aromatic carbocycles. The van der Waals surface area contributed by atoms with Crippen molar-refractivity contribution in [1.29, 1.82) is 0 Å². The van der Waals surface area contributed by atoms with E-state index >= 15 is 0 Å². The molecule has 0 saturated heterocycles. The monoisotopic (exact) mass is 427 g/mol. The fourth-order valence-electron chi connectivity index (χ4n) is 3.55. The smallest absolute Gasteiger partial charge is 0.181 e. The first kappa shape index (κ1) is 19.5. The fourth-order valence-corrected chi connectivity index (χ4v) is 4.26. The zero-order valence-electron chi connectivity index (χ0n) is 17.2. The van der Waals surface area contributed by atoms with E-state index in [-0.39, 0.29) is 0 Å². The summed E-state index contributed by atoms with van der Waals surface area (Å²) in [7, 11) is 0. The Balaban J connectivity index is 1.39. The van der Waals surface area contributed by atoms with Gasteiger partial charge in [-0.15, -0.1) is 9.93 Å². The summed E-state index contributed by atoms with van der Waals surface area (Å²) in [5, 5.41) is 10.1. The number of rotatable bonds is 4. The summed E-state index contributed by atoms with van der Waals surface area (Å²) in [6.07, 6.45) is 0. The first-order valence-corrected chi connectivity index (χ1v) is 11.1. The first-order chi connectivity index (χ1) is 15.1. The van der Waals surface area contributed by atoms with Gasteiger partial charge in [0.25, 0.3) is 0 Å². The second-order valence-electron chi connectivity index (χ2n) is 7.47. The molecule has 4 aromatic rings. The number of fused-ring (bicyclic) bond motifs is 4. The van der Waals surface area contributed by atoms with Crippen LogP contribution in [0.3, 0.4) is 0 Å². The first-order valence-electron chi connectivity index (χ1n) is 9.98. The summed E-state index contributed by atoms with van der Waals surface area (Å²) in [5.41, 5.74) is 4.59. The quantitative estimate of drug-likeness (QED) is 0.209. The zero-order valence-corrected chi connectivity index (χ0v) is 18.0. The van der Waals surface area contributed by atoms with E-state index in [2.05, 4.69) is 33.4 Å². The van der Waals surface area contributed by atoms with Crippen LogP contribution < -0.4 is 14.9 Å². The maximum absolute atomic E-state index is 12.4. The molecule has 1 heterocycles. The van der Waals surface area contributed by atoms with Gasteiger partial charge in [0.15, 0.2) is 16.4 Å². The van der Waals surface area contributed by atoms with Crippen LogP contribution in [0.1, 0.15) is 18.1 Å². The third-order valence-electron chi connectivity index (χ3n) is 5.30. The second kappa shape index (κ2) is 7.98. The molecule has 1 aliphatic heterocycles. The summed E-state index contributed by atoms with van der Waals surface area (Å²) in [5.74, 6) is 1.56. The van der Waals surface area contributed by atoms with Crippen molar-refractivity contribution in [1.82, 2.24) is 4.83 Å². The SMILES string of the molecule is C/C(=N\N[S+]([O-])c1ccc(C)cc1)c1ccc2c(c1)Nc1c(ccc3ccccc13)O2. The molecular formula is C25H21N3O2S. The van der Waals surface area contributed by atoms with Crippen LogP contribution >= 0.6 is 0 Å². The molecular weight excluding hydrogens is 406 g/mol. The zero-order chi connectivity index (χ0) is 21.4. The Bertz CT molecular complexity index is 1300. The topological polar surface area (TPSA) is 68.7 Å². The molecule has 154 valence electrons. The molecule has 1 atom stereocenters. The number of aryl methyl sites for hydroxylation is 1. The fraction of sp³-hybridized carbons (Fsp3) is 0.0800. The molecule has 0 bridgehead atoms. The van der Waals surface area contributed by atoms with Crippen LogP contribution in [0.5, 0.6) is 11.5 Å². The van der Waals surface area contributed by atoms with Gasteiger partial charge in [-0.3, -0.25) is 0 Å². The van der Waals surface area contributed by atoms with Gasteiger partial charge in [-0.2, -0.15) is 0 Å². The van der Waals surface area contributed by atoms with E-state index in [0.717, 1.165) is 50.5 Å². The van der Waals surface area contributed by atoms with Gasteiger partial charge in [0.05, 0.1) is 17.1 Å². The van der Waals surface area contributed by atoms with E-state index in [1.54, 1.807) is 0 Å². The Morgan fingerprint density at radius 1 is 0.968 bits per heavy atom. The van der Waals surface area contributed by atoms with E-state index in [9.17, 15) is 4.55 Å². The van der Waals surface area contributed by atoms with Gasteiger partial charge in [-0.05, 0) is 61.2 Å².